The van der Waals surface area contributed by atoms with Crippen molar-refractivity contribution in [2.75, 3.05) is 20.8 Å². The molecule has 0 aliphatic carbocycles. The Bertz CT molecular complexity index is 873. The number of ether oxygens (including phenoxy) is 2. The Morgan fingerprint density at radius 3 is 2.62 bits per heavy atom. The van der Waals surface area contributed by atoms with Crippen LogP contribution in [0.5, 0.6) is 11.5 Å². The average molecular weight is 406 g/mol. The number of benzene rings is 1. The largest absolute Gasteiger partial charge is 0.493 e. The minimum absolute atomic E-state index is 0.0201. The number of thioether (sulfide) groups is 1. The van der Waals surface area contributed by atoms with E-state index in [2.05, 4.69) is 0 Å². The van der Waals surface area contributed by atoms with Crippen molar-refractivity contribution in [2.24, 2.45) is 0 Å². The monoisotopic (exact) mass is 405 g/mol. The first-order valence-corrected chi connectivity index (χ1v) is 10.1. The molecule has 0 unspecified atom stereocenters. The van der Waals surface area contributed by atoms with E-state index < -0.39 is 0 Å². The second-order valence-electron chi connectivity index (χ2n) is 5.74. The Labute approximate surface area is 166 Å². The lowest BCUT2D eigenvalue weighted by molar-refractivity contribution is -0.122. The van der Waals surface area contributed by atoms with Gasteiger partial charge in [-0.05, 0) is 54.1 Å². The molecule has 136 valence electrons. The molecule has 1 saturated heterocycles. The molecule has 0 bridgehead atoms. The molecule has 1 aliphatic rings. The lowest BCUT2D eigenvalue weighted by Gasteiger charge is -2.15. The van der Waals surface area contributed by atoms with Crippen LogP contribution >= 0.6 is 35.3 Å². The Morgan fingerprint density at radius 1 is 1.19 bits per heavy atom. The molecule has 26 heavy (non-hydrogen) atoms. The number of hydrogen-bond acceptors (Lipinski definition) is 6. The second-order valence-corrected chi connectivity index (χ2v) is 8.36. The number of amides is 1. The Morgan fingerprint density at radius 2 is 1.96 bits per heavy atom. The van der Waals surface area contributed by atoms with Crippen LogP contribution < -0.4 is 9.47 Å². The molecule has 0 N–H and O–H groups in total. The molecule has 7 heteroatoms. The summed E-state index contributed by atoms with van der Waals surface area (Å²) in [6.07, 6.45) is 2.63. The highest BCUT2D eigenvalue weighted by atomic mass is 32.2. The summed E-state index contributed by atoms with van der Waals surface area (Å²) < 4.78 is 11.2. The van der Waals surface area contributed by atoms with E-state index in [9.17, 15) is 4.79 Å². The lowest BCUT2D eigenvalue weighted by Crippen LogP contribution is -2.30. The molecular weight excluding hydrogens is 386 g/mol. The van der Waals surface area contributed by atoms with Crippen molar-refractivity contribution in [2.45, 2.75) is 13.3 Å². The SMILES string of the molecule is COc1ccc(CCN2C(=O)/C(=C/c3sccc3C)SC2=S)cc1OC. The zero-order valence-electron chi connectivity index (χ0n) is 14.8. The molecule has 1 fully saturated rings. The van der Waals surface area contributed by atoms with Crippen LogP contribution in [0, 0.1) is 6.92 Å². The second kappa shape index (κ2) is 8.24. The van der Waals surface area contributed by atoms with E-state index in [1.54, 1.807) is 30.5 Å². The third-order valence-electron chi connectivity index (χ3n) is 4.11. The van der Waals surface area contributed by atoms with Gasteiger partial charge in [-0.3, -0.25) is 9.69 Å². The summed E-state index contributed by atoms with van der Waals surface area (Å²) in [6, 6.07) is 7.83. The number of methoxy groups -OCH3 is 2. The van der Waals surface area contributed by atoms with Gasteiger partial charge in [0.2, 0.25) is 0 Å². The summed E-state index contributed by atoms with van der Waals surface area (Å²) in [7, 11) is 3.22. The number of nitrogens with zero attached hydrogens (tertiary/aromatic N) is 1. The summed E-state index contributed by atoms with van der Waals surface area (Å²) in [6.45, 7) is 2.58. The van der Waals surface area contributed by atoms with E-state index in [0.29, 0.717) is 33.7 Å². The highest BCUT2D eigenvalue weighted by Gasteiger charge is 2.31. The molecule has 0 saturated carbocycles. The minimum atomic E-state index is -0.0201. The van der Waals surface area contributed by atoms with Gasteiger partial charge in [-0.1, -0.05) is 30.0 Å². The van der Waals surface area contributed by atoms with Crippen molar-refractivity contribution in [3.8, 4) is 11.5 Å². The smallest absolute Gasteiger partial charge is 0.266 e. The van der Waals surface area contributed by atoms with Gasteiger partial charge < -0.3 is 9.47 Å². The molecule has 2 aromatic rings. The summed E-state index contributed by atoms with van der Waals surface area (Å²) in [5, 5.41) is 2.03. The maximum Gasteiger partial charge on any atom is 0.266 e. The first-order chi connectivity index (χ1) is 12.5. The normalized spacial score (nSPS) is 15.8. The summed E-state index contributed by atoms with van der Waals surface area (Å²) in [5.41, 5.74) is 2.24. The average Bonchev–Trinajstić information content (AvgIpc) is 3.16. The van der Waals surface area contributed by atoms with Gasteiger partial charge in [0.1, 0.15) is 4.32 Å². The molecule has 0 atom stereocenters. The van der Waals surface area contributed by atoms with Crippen LogP contribution in [-0.2, 0) is 11.2 Å². The number of thiocarbonyl (C=S) groups is 1. The topological polar surface area (TPSA) is 38.8 Å². The van der Waals surface area contributed by atoms with E-state index in [0.717, 1.165) is 10.4 Å². The van der Waals surface area contributed by atoms with Crippen LogP contribution in [0.1, 0.15) is 16.0 Å². The molecule has 4 nitrogen and oxygen atoms in total. The highest BCUT2D eigenvalue weighted by molar-refractivity contribution is 8.26. The molecule has 0 radical (unpaired) electrons. The van der Waals surface area contributed by atoms with Crippen LogP contribution in [-0.4, -0.2) is 35.9 Å². The fourth-order valence-electron chi connectivity index (χ4n) is 2.62. The number of carbonyl (C=O) groups excluding carboxylic acids is 1. The van der Waals surface area contributed by atoms with Gasteiger partial charge in [-0.2, -0.15) is 0 Å². The first kappa shape index (κ1) is 18.9. The summed E-state index contributed by atoms with van der Waals surface area (Å²) >= 11 is 8.41. The molecular formula is C19H19NO3S3. The molecule has 1 amide bonds. The highest BCUT2D eigenvalue weighted by Crippen LogP contribution is 2.34. The van der Waals surface area contributed by atoms with Crippen LogP contribution in [0.25, 0.3) is 6.08 Å². The van der Waals surface area contributed by atoms with E-state index in [-0.39, 0.29) is 5.91 Å². The van der Waals surface area contributed by atoms with Crippen molar-refractivity contribution in [1.29, 1.82) is 0 Å². The molecule has 1 aromatic carbocycles. The maximum absolute atomic E-state index is 12.7. The van der Waals surface area contributed by atoms with E-state index in [4.69, 9.17) is 21.7 Å². The van der Waals surface area contributed by atoms with Gasteiger partial charge in [0.15, 0.2) is 11.5 Å². The molecule has 1 aromatic heterocycles. The first-order valence-electron chi connectivity index (χ1n) is 8.04. The Balaban J connectivity index is 1.71. The van der Waals surface area contributed by atoms with Gasteiger partial charge in [-0.25, -0.2) is 0 Å². The number of rotatable bonds is 6. The number of aryl methyl sites for hydroxylation is 1. The van der Waals surface area contributed by atoms with E-state index >= 15 is 0 Å². The van der Waals surface area contributed by atoms with Gasteiger partial charge in [0.25, 0.3) is 5.91 Å². The Kier molecular flexibility index (Phi) is 6.01. The maximum atomic E-state index is 12.7. The van der Waals surface area contributed by atoms with E-state index in [1.165, 1.54) is 17.3 Å². The predicted molar refractivity (Wildman–Crippen MR) is 112 cm³/mol. The van der Waals surface area contributed by atoms with Crippen LogP contribution in [0.15, 0.2) is 34.6 Å². The third kappa shape index (κ3) is 3.95. The van der Waals surface area contributed by atoms with Crippen molar-refractivity contribution in [1.82, 2.24) is 4.90 Å². The van der Waals surface area contributed by atoms with Crippen molar-refractivity contribution >= 4 is 51.6 Å². The van der Waals surface area contributed by atoms with E-state index in [1.807, 2.05) is 42.6 Å². The molecule has 2 heterocycles. The number of hydrogen-bond donors (Lipinski definition) is 0. The van der Waals surface area contributed by atoms with Gasteiger partial charge >= 0.3 is 0 Å². The molecule has 0 spiro atoms. The van der Waals surface area contributed by atoms with Gasteiger partial charge in [0, 0.05) is 11.4 Å². The summed E-state index contributed by atoms with van der Waals surface area (Å²) in [4.78, 5) is 16.2. The van der Waals surface area contributed by atoms with Crippen LogP contribution in [0.2, 0.25) is 0 Å². The minimum Gasteiger partial charge on any atom is -0.493 e. The third-order valence-corrected chi connectivity index (χ3v) is 6.45. The number of carbonyl (C=O) groups is 1. The predicted octanol–water partition coefficient (Wildman–Crippen LogP) is 4.52. The summed E-state index contributed by atoms with van der Waals surface area (Å²) in [5.74, 6) is 1.35. The van der Waals surface area contributed by atoms with Crippen molar-refractivity contribution in [3.05, 3.63) is 50.6 Å². The van der Waals surface area contributed by atoms with Gasteiger partial charge in [-0.15, -0.1) is 11.3 Å². The lowest BCUT2D eigenvalue weighted by atomic mass is 10.1. The standard InChI is InChI=1S/C19H19NO3S3/c1-12-7-9-25-16(12)11-17-18(21)20(19(24)26-17)8-6-13-4-5-14(22-2)15(10-13)23-3/h4-5,7,9-11H,6,8H2,1-3H3/b17-11-. The van der Waals surface area contributed by atoms with Crippen LogP contribution in [0.4, 0.5) is 0 Å². The van der Waals surface area contributed by atoms with Crippen molar-refractivity contribution in [3.63, 3.8) is 0 Å². The fraction of sp³-hybridized carbons (Fsp3) is 0.263. The Hall–Kier alpha value is -1.83. The van der Waals surface area contributed by atoms with Gasteiger partial charge in [0.05, 0.1) is 19.1 Å². The molecule has 3 rings (SSSR count). The zero-order valence-corrected chi connectivity index (χ0v) is 17.2. The zero-order chi connectivity index (χ0) is 18.7. The van der Waals surface area contributed by atoms with Crippen LogP contribution in [0.3, 0.4) is 0 Å². The quantitative estimate of drug-likeness (QED) is 0.522. The fourth-order valence-corrected chi connectivity index (χ4v) is 4.84. The van der Waals surface area contributed by atoms with Crippen molar-refractivity contribution < 1.29 is 14.3 Å². The molecule has 1 aliphatic heterocycles. The number of thiophene rings is 1.